The van der Waals surface area contributed by atoms with Gasteiger partial charge in [0, 0.05) is 0 Å². The highest BCUT2D eigenvalue weighted by Gasteiger charge is 1.95. The molecule has 0 fully saturated rings. The van der Waals surface area contributed by atoms with Gasteiger partial charge < -0.3 is 10.0 Å². The zero-order chi connectivity index (χ0) is 14.2. The van der Waals surface area contributed by atoms with Crippen molar-refractivity contribution in [2.75, 3.05) is 6.61 Å². The van der Waals surface area contributed by atoms with Gasteiger partial charge in [0.25, 0.3) is 0 Å². The quantitative estimate of drug-likeness (QED) is 0.323. The molecule has 0 aromatic rings. The van der Waals surface area contributed by atoms with Crippen LogP contribution in [-0.2, 0) is 4.84 Å². The Hall–Kier alpha value is -0.120. The van der Waals surface area contributed by atoms with Crippen molar-refractivity contribution in [2.45, 2.75) is 90.9 Å². The largest absolute Gasteiger partial charge is 0.765 e. The molecule has 0 aromatic carbocycles. The number of hydrogen-bond acceptors (Lipinski definition) is 3. The number of unbranched alkanes of at least 4 members (excludes halogenated alkanes) is 10. The molecular weight excluding hydrogens is 238 g/mol. The summed E-state index contributed by atoms with van der Waals surface area (Å²) in [6.45, 7) is 5.16. The molecule has 0 aliphatic heterocycles. The van der Waals surface area contributed by atoms with Gasteiger partial charge in [0.05, 0.1) is 6.61 Å². The van der Waals surface area contributed by atoms with Crippen molar-refractivity contribution in [3.05, 3.63) is 5.21 Å². The Labute approximate surface area is 120 Å². The van der Waals surface area contributed by atoms with Crippen molar-refractivity contribution < 1.29 is 4.84 Å². The van der Waals surface area contributed by atoms with Gasteiger partial charge in [-0.25, -0.2) is 0 Å². The second-order valence-electron chi connectivity index (χ2n) is 6.00. The molecule has 0 spiro atoms. The molecule has 1 N–H and O–H groups in total. The van der Waals surface area contributed by atoms with E-state index in [1.807, 2.05) is 0 Å². The van der Waals surface area contributed by atoms with Gasteiger partial charge in [-0.15, -0.1) is 0 Å². The fraction of sp³-hybridized carbons (Fsp3) is 1.00. The lowest BCUT2D eigenvalue weighted by Gasteiger charge is -2.07. The van der Waals surface area contributed by atoms with Crippen LogP contribution in [0.3, 0.4) is 0 Å². The molecule has 0 aliphatic carbocycles. The average molecular weight is 272 g/mol. The smallest absolute Gasteiger partial charge is 0.0670 e. The molecule has 0 heterocycles. The lowest BCUT2D eigenvalue weighted by atomic mass is 10.0. The summed E-state index contributed by atoms with van der Waals surface area (Å²) in [5.74, 6) is 0.870. The van der Waals surface area contributed by atoms with Crippen LogP contribution < -0.4 is 5.64 Å². The van der Waals surface area contributed by atoms with Crippen molar-refractivity contribution >= 4 is 0 Å². The van der Waals surface area contributed by atoms with E-state index in [0.717, 1.165) is 12.3 Å². The summed E-state index contributed by atoms with van der Waals surface area (Å²) in [6, 6.07) is 0. The summed E-state index contributed by atoms with van der Waals surface area (Å²) in [5, 5.41) is 9.79. The van der Waals surface area contributed by atoms with Crippen LogP contribution in [0.2, 0.25) is 0 Å². The lowest BCUT2D eigenvalue weighted by molar-refractivity contribution is 0.0683. The average Bonchev–Trinajstić information content (AvgIpc) is 2.39. The first kappa shape index (κ1) is 18.9. The Morgan fingerprint density at radius 1 is 0.737 bits per heavy atom. The fourth-order valence-electron chi connectivity index (χ4n) is 2.36. The normalized spacial score (nSPS) is 11.4. The fourth-order valence-corrected chi connectivity index (χ4v) is 2.36. The van der Waals surface area contributed by atoms with Crippen molar-refractivity contribution in [3.8, 4) is 0 Å². The van der Waals surface area contributed by atoms with E-state index in [0.29, 0.717) is 6.61 Å². The molecule has 0 bridgehead atoms. The lowest BCUT2D eigenvalue weighted by Crippen LogP contribution is -2.05. The van der Waals surface area contributed by atoms with E-state index in [1.54, 1.807) is 0 Å². The summed E-state index contributed by atoms with van der Waals surface area (Å²) in [5.41, 5.74) is 1.46. The highest BCUT2D eigenvalue weighted by molar-refractivity contribution is 4.50. The molecule has 0 radical (unpaired) electrons. The predicted octanol–water partition coefficient (Wildman–Crippen LogP) is 5.34. The first-order valence-corrected chi connectivity index (χ1v) is 8.26. The van der Waals surface area contributed by atoms with Gasteiger partial charge in [0.1, 0.15) is 0 Å². The second-order valence-corrected chi connectivity index (χ2v) is 6.00. The third kappa shape index (κ3) is 17.9. The molecule has 0 saturated heterocycles. The number of hydrogen-bond donors (Lipinski definition) is 1. The maximum atomic E-state index is 9.79. The first-order valence-electron chi connectivity index (χ1n) is 8.26. The van der Waals surface area contributed by atoms with Gasteiger partial charge in [-0.05, 0) is 12.3 Å². The Balaban J connectivity index is 2.91. The molecule has 0 aliphatic rings. The standard InChI is InChI=1S/C16H34NO2/c1-16(2)14-12-10-8-6-4-3-5-7-9-11-13-15-19-17-18/h16-17H,3-15H2,1-2H3/q-1. The number of nitrogens with one attached hydrogen (secondary N) is 1. The summed E-state index contributed by atoms with van der Waals surface area (Å²) in [7, 11) is 0. The monoisotopic (exact) mass is 272 g/mol. The summed E-state index contributed by atoms with van der Waals surface area (Å²) in [4.78, 5) is 4.53. The molecule has 0 saturated carbocycles. The highest BCUT2D eigenvalue weighted by Crippen LogP contribution is 2.13. The van der Waals surface area contributed by atoms with Crippen LogP contribution in [0.15, 0.2) is 0 Å². The van der Waals surface area contributed by atoms with Gasteiger partial charge in [-0.1, -0.05) is 84.5 Å². The predicted molar refractivity (Wildman–Crippen MR) is 82.7 cm³/mol. The van der Waals surface area contributed by atoms with Crippen molar-refractivity contribution in [3.63, 3.8) is 0 Å². The van der Waals surface area contributed by atoms with Crippen LogP contribution >= 0.6 is 0 Å². The molecular formula is C16H34NO2-. The summed E-state index contributed by atoms with van der Waals surface area (Å²) < 4.78 is 0. The third-order valence-electron chi connectivity index (χ3n) is 3.59. The van der Waals surface area contributed by atoms with Crippen LogP contribution in [0, 0.1) is 11.1 Å². The van der Waals surface area contributed by atoms with E-state index in [1.165, 1.54) is 76.3 Å². The van der Waals surface area contributed by atoms with E-state index >= 15 is 0 Å². The summed E-state index contributed by atoms with van der Waals surface area (Å²) >= 11 is 0. The van der Waals surface area contributed by atoms with Crippen molar-refractivity contribution in [1.82, 2.24) is 5.64 Å². The minimum atomic E-state index is 0.542. The van der Waals surface area contributed by atoms with E-state index in [9.17, 15) is 5.21 Å². The minimum absolute atomic E-state index is 0.542. The van der Waals surface area contributed by atoms with Crippen molar-refractivity contribution in [1.29, 1.82) is 0 Å². The van der Waals surface area contributed by atoms with Crippen LogP contribution in [0.25, 0.3) is 0 Å². The van der Waals surface area contributed by atoms with Gasteiger partial charge >= 0.3 is 0 Å². The Bertz CT molecular complexity index is 163. The molecule has 3 nitrogen and oxygen atoms in total. The van der Waals surface area contributed by atoms with E-state index in [-0.39, 0.29) is 0 Å². The topological polar surface area (TPSA) is 44.3 Å². The zero-order valence-electron chi connectivity index (χ0n) is 13.1. The zero-order valence-corrected chi connectivity index (χ0v) is 13.1. The van der Waals surface area contributed by atoms with Crippen LogP contribution in [0.1, 0.15) is 90.9 Å². The molecule has 0 rings (SSSR count). The van der Waals surface area contributed by atoms with Crippen LogP contribution in [0.4, 0.5) is 0 Å². The molecule has 19 heavy (non-hydrogen) atoms. The molecule has 0 aromatic heterocycles. The van der Waals surface area contributed by atoms with Crippen LogP contribution in [-0.4, -0.2) is 6.61 Å². The molecule has 0 unspecified atom stereocenters. The first-order chi connectivity index (χ1) is 9.27. The van der Waals surface area contributed by atoms with Gasteiger partial charge in [0.15, 0.2) is 0 Å². The van der Waals surface area contributed by atoms with Gasteiger partial charge in [-0.3, -0.25) is 5.64 Å². The Morgan fingerprint density at radius 2 is 1.16 bits per heavy atom. The Morgan fingerprint density at radius 3 is 1.58 bits per heavy atom. The third-order valence-corrected chi connectivity index (χ3v) is 3.59. The SMILES string of the molecule is CC(C)CCCCCCCCCCCCCON[O-]. The highest BCUT2D eigenvalue weighted by atomic mass is 16.8. The van der Waals surface area contributed by atoms with E-state index in [2.05, 4.69) is 18.7 Å². The number of rotatable bonds is 15. The minimum Gasteiger partial charge on any atom is -0.765 e. The molecule has 3 heteroatoms. The maximum absolute atomic E-state index is 9.79. The summed E-state index contributed by atoms with van der Waals surface area (Å²) in [6.07, 6.45) is 16.0. The second kappa shape index (κ2) is 15.9. The van der Waals surface area contributed by atoms with Gasteiger partial charge in [-0.2, -0.15) is 0 Å². The van der Waals surface area contributed by atoms with Crippen molar-refractivity contribution in [2.24, 2.45) is 5.92 Å². The van der Waals surface area contributed by atoms with E-state index < -0.39 is 0 Å². The molecule has 0 amide bonds. The Kier molecular flexibility index (Phi) is 15.8. The maximum Gasteiger partial charge on any atom is 0.0670 e. The molecule has 116 valence electrons. The van der Waals surface area contributed by atoms with Gasteiger partial charge in [0.2, 0.25) is 0 Å². The molecule has 0 atom stereocenters. The van der Waals surface area contributed by atoms with Crippen LogP contribution in [0.5, 0.6) is 0 Å². The van der Waals surface area contributed by atoms with E-state index in [4.69, 9.17) is 0 Å².